The second-order valence-electron chi connectivity index (χ2n) is 8.10. The van der Waals surface area contributed by atoms with Gasteiger partial charge in [0.05, 0.1) is 10.7 Å². The Bertz CT molecular complexity index is 1300. The molecule has 2 aromatic carbocycles. The minimum absolute atomic E-state index is 0.0824. The van der Waals surface area contributed by atoms with Crippen LogP contribution in [0.25, 0.3) is 5.57 Å². The fourth-order valence-corrected chi connectivity index (χ4v) is 6.55. The maximum Gasteiger partial charge on any atom is 0.266 e. The summed E-state index contributed by atoms with van der Waals surface area (Å²) in [5.41, 5.74) is 2.58. The van der Waals surface area contributed by atoms with Crippen LogP contribution in [0.1, 0.15) is 25.3 Å². The Labute approximate surface area is 218 Å². The van der Waals surface area contributed by atoms with Crippen molar-refractivity contribution in [1.29, 1.82) is 0 Å². The largest absolute Gasteiger partial charge is 0.383 e. The van der Waals surface area contributed by atoms with Gasteiger partial charge < -0.3 is 10.6 Å². The lowest BCUT2D eigenvalue weighted by molar-refractivity contribution is 0.403. The third-order valence-corrected chi connectivity index (χ3v) is 8.58. The second-order valence-corrected chi connectivity index (χ2v) is 11.5. The van der Waals surface area contributed by atoms with Gasteiger partial charge in [-0.2, -0.15) is 0 Å². The summed E-state index contributed by atoms with van der Waals surface area (Å²) in [6.45, 7) is 3.37. The van der Waals surface area contributed by atoms with Crippen LogP contribution in [0.5, 0.6) is 0 Å². The molecule has 11 heteroatoms. The second kappa shape index (κ2) is 11.3. The first-order chi connectivity index (χ1) is 16.8. The maximum atomic E-state index is 14.9. The summed E-state index contributed by atoms with van der Waals surface area (Å²) < 4.78 is 42.5. The minimum atomic E-state index is -4.17. The molecule has 0 radical (unpaired) electrons. The number of aromatic nitrogens is 1. The van der Waals surface area contributed by atoms with E-state index < -0.39 is 20.7 Å². The molecule has 3 N–H and O–H groups in total. The molecule has 1 aliphatic rings. The van der Waals surface area contributed by atoms with Crippen LogP contribution >= 0.6 is 34.5 Å². The SMILES string of the molecule is CCNC1CCC=C(c2ccc(Cl)cc2)C1CNc1cc(F)c(S(=O)(=O)Nc2nccs2)cc1Cl. The van der Waals surface area contributed by atoms with Crippen molar-refractivity contribution in [3.8, 4) is 0 Å². The summed E-state index contributed by atoms with van der Waals surface area (Å²) >= 11 is 13.6. The molecule has 3 aromatic rings. The van der Waals surface area contributed by atoms with Gasteiger partial charge in [0, 0.05) is 35.1 Å². The van der Waals surface area contributed by atoms with Crippen LogP contribution in [0, 0.1) is 11.7 Å². The molecule has 35 heavy (non-hydrogen) atoms. The number of benzene rings is 2. The number of hydrogen-bond donors (Lipinski definition) is 3. The average molecular weight is 556 g/mol. The standard InChI is InChI=1S/C24H25Cl2FN4O2S2/c1-2-28-21-5-3-4-17(15-6-8-16(25)9-7-15)18(21)14-30-22-13-20(27)23(12-19(22)26)35(32,33)31-24-29-10-11-34-24/h4,6-13,18,21,28,30H,2-3,5,14H2,1H3,(H,29,31). The lowest BCUT2D eigenvalue weighted by Gasteiger charge is -2.34. The first-order valence-corrected chi connectivity index (χ1v) is 14.2. The average Bonchev–Trinajstić information content (AvgIpc) is 3.33. The zero-order valence-corrected chi connectivity index (χ0v) is 22.0. The number of allylic oxidation sites excluding steroid dienone is 1. The van der Waals surface area contributed by atoms with Gasteiger partial charge in [-0.1, -0.05) is 48.3 Å². The highest BCUT2D eigenvalue weighted by atomic mass is 35.5. The number of halogens is 3. The lowest BCUT2D eigenvalue weighted by atomic mass is 9.80. The fraction of sp³-hybridized carbons (Fsp3) is 0.292. The molecule has 0 bridgehead atoms. The number of hydrogen-bond acceptors (Lipinski definition) is 6. The molecule has 0 amide bonds. The zero-order valence-electron chi connectivity index (χ0n) is 18.9. The third kappa shape index (κ3) is 6.16. The van der Waals surface area contributed by atoms with Gasteiger partial charge in [-0.25, -0.2) is 17.8 Å². The van der Waals surface area contributed by atoms with Crippen molar-refractivity contribution in [2.45, 2.75) is 30.7 Å². The van der Waals surface area contributed by atoms with Crippen molar-refractivity contribution in [2.24, 2.45) is 5.92 Å². The molecule has 6 nitrogen and oxygen atoms in total. The first-order valence-electron chi connectivity index (χ1n) is 11.1. The van der Waals surface area contributed by atoms with Crippen molar-refractivity contribution in [3.63, 3.8) is 0 Å². The predicted octanol–water partition coefficient (Wildman–Crippen LogP) is 6.27. The van der Waals surface area contributed by atoms with Gasteiger partial charge in [0.1, 0.15) is 10.7 Å². The molecule has 0 aliphatic heterocycles. The van der Waals surface area contributed by atoms with Crippen LogP contribution in [-0.4, -0.2) is 32.5 Å². The van der Waals surface area contributed by atoms with Crippen molar-refractivity contribution >= 4 is 61.0 Å². The van der Waals surface area contributed by atoms with E-state index in [1.165, 1.54) is 11.8 Å². The smallest absolute Gasteiger partial charge is 0.266 e. The van der Waals surface area contributed by atoms with Gasteiger partial charge in [-0.3, -0.25) is 4.72 Å². The molecule has 1 aromatic heterocycles. The fourth-order valence-electron chi connectivity index (χ4n) is 4.25. The molecule has 0 saturated carbocycles. The monoisotopic (exact) mass is 554 g/mol. The molecular weight excluding hydrogens is 530 g/mol. The molecule has 186 valence electrons. The molecule has 1 aliphatic carbocycles. The molecule has 2 atom stereocenters. The van der Waals surface area contributed by atoms with E-state index in [9.17, 15) is 12.8 Å². The van der Waals surface area contributed by atoms with Crippen LogP contribution in [-0.2, 0) is 10.0 Å². The first kappa shape index (κ1) is 25.9. The predicted molar refractivity (Wildman–Crippen MR) is 142 cm³/mol. The van der Waals surface area contributed by atoms with E-state index in [1.54, 1.807) is 5.38 Å². The molecule has 1 heterocycles. The van der Waals surface area contributed by atoms with Crippen molar-refractivity contribution in [3.05, 3.63) is 75.5 Å². The topological polar surface area (TPSA) is 83.1 Å². The summed E-state index contributed by atoms with van der Waals surface area (Å²) in [6, 6.07) is 10.2. The Morgan fingerprint density at radius 2 is 1.97 bits per heavy atom. The highest BCUT2D eigenvalue weighted by Gasteiger charge is 2.29. The third-order valence-electron chi connectivity index (χ3n) is 5.85. The van der Waals surface area contributed by atoms with Crippen LogP contribution < -0.4 is 15.4 Å². The Kier molecular flexibility index (Phi) is 8.34. The minimum Gasteiger partial charge on any atom is -0.383 e. The van der Waals surface area contributed by atoms with Crippen LogP contribution in [0.2, 0.25) is 10.0 Å². The highest BCUT2D eigenvalue weighted by molar-refractivity contribution is 7.93. The lowest BCUT2D eigenvalue weighted by Crippen LogP contribution is -2.41. The van der Waals surface area contributed by atoms with Gasteiger partial charge in [-0.05, 0) is 54.8 Å². The van der Waals surface area contributed by atoms with Crippen molar-refractivity contribution in [1.82, 2.24) is 10.3 Å². The molecule has 0 fully saturated rings. The summed E-state index contributed by atoms with van der Waals surface area (Å²) in [6.07, 6.45) is 5.60. The van der Waals surface area contributed by atoms with E-state index in [4.69, 9.17) is 23.2 Å². The highest BCUT2D eigenvalue weighted by Crippen LogP contribution is 2.35. The van der Waals surface area contributed by atoms with E-state index in [-0.39, 0.29) is 22.1 Å². The summed E-state index contributed by atoms with van der Waals surface area (Å²) in [5, 5.41) is 9.34. The molecule has 0 saturated heterocycles. The number of nitrogens with zero attached hydrogens (tertiary/aromatic N) is 1. The van der Waals surface area contributed by atoms with E-state index in [0.29, 0.717) is 17.3 Å². The van der Waals surface area contributed by atoms with E-state index in [1.807, 2.05) is 24.3 Å². The number of thiazole rings is 1. The molecule has 4 rings (SSSR count). The van der Waals surface area contributed by atoms with Crippen molar-refractivity contribution in [2.75, 3.05) is 23.1 Å². The molecular formula is C24H25Cl2FN4O2S2. The van der Waals surface area contributed by atoms with Gasteiger partial charge in [0.25, 0.3) is 10.0 Å². The van der Waals surface area contributed by atoms with Crippen molar-refractivity contribution < 1.29 is 12.8 Å². The summed E-state index contributed by atoms with van der Waals surface area (Å²) in [7, 11) is -4.17. The van der Waals surface area contributed by atoms with Crippen LogP contribution in [0.3, 0.4) is 0 Å². The van der Waals surface area contributed by atoms with Gasteiger partial charge >= 0.3 is 0 Å². The zero-order chi connectivity index (χ0) is 25.0. The van der Waals surface area contributed by atoms with Gasteiger partial charge in [-0.15, -0.1) is 11.3 Å². The Balaban J connectivity index is 1.56. The molecule has 0 spiro atoms. The number of anilines is 2. The van der Waals surface area contributed by atoms with Gasteiger partial charge in [0.2, 0.25) is 0 Å². The summed E-state index contributed by atoms with van der Waals surface area (Å²) in [5.74, 6) is -0.819. The Morgan fingerprint density at radius 1 is 1.20 bits per heavy atom. The summed E-state index contributed by atoms with van der Waals surface area (Å²) in [4.78, 5) is 3.34. The van der Waals surface area contributed by atoms with Gasteiger partial charge in [0.15, 0.2) is 5.13 Å². The van der Waals surface area contributed by atoms with E-state index >= 15 is 0 Å². The molecule has 2 unspecified atom stereocenters. The van der Waals surface area contributed by atoms with E-state index in [0.717, 1.165) is 48.4 Å². The normalized spacial score (nSPS) is 18.2. The van der Waals surface area contributed by atoms with Crippen LogP contribution in [0.4, 0.5) is 15.2 Å². The Morgan fingerprint density at radius 3 is 2.66 bits per heavy atom. The number of nitrogens with one attached hydrogen (secondary N) is 3. The number of sulfonamides is 1. The maximum absolute atomic E-state index is 14.9. The van der Waals surface area contributed by atoms with E-state index in [2.05, 4.69) is 33.3 Å². The quantitative estimate of drug-likeness (QED) is 0.290. The Hall–Kier alpha value is -2.17. The number of rotatable bonds is 9. The van der Waals surface area contributed by atoms with Crippen LogP contribution in [0.15, 0.2) is 58.9 Å².